The Balaban J connectivity index is 2.50. The third kappa shape index (κ3) is 3.18. The van der Waals surface area contributed by atoms with Crippen LogP contribution in [-0.2, 0) is 9.59 Å². The molecule has 0 bridgehead atoms. The van der Waals surface area contributed by atoms with Gasteiger partial charge in [0.2, 0.25) is 0 Å². The van der Waals surface area contributed by atoms with Gasteiger partial charge in [0.1, 0.15) is 0 Å². The number of nitrogens with zero attached hydrogens (tertiary/aromatic N) is 2. The molecular formula is C10H20N4O2. The number of hydrogen-bond acceptors (Lipinski definition) is 4. The molecule has 6 heteroatoms. The molecule has 1 saturated heterocycles. The maximum absolute atomic E-state index is 11.8. The van der Waals surface area contributed by atoms with Crippen LogP contribution in [0.4, 0.5) is 0 Å². The summed E-state index contributed by atoms with van der Waals surface area (Å²) in [6, 6.07) is 0.0786. The summed E-state index contributed by atoms with van der Waals surface area (Å²) in [7, 11) is 2.01. The van der Waals surface area contributed by atoms with E-state index in [1.807, 2.05) is 14.0 Å². The molecule has 0 aliphatic carbocycles. The van der Waals surface area contributed by atoms with E-state index in [1.54, 1.807) is 4.90 Å². The first-order chi connectivity index (χ1) is 7.56. The first-order valence-electron chi connectivity index (χ1n) is 5.53. The largest absolute Gasteiger partial charge is 0.347 e. The van der Waals surface area contributed by atoms with Gasteiger partial charge in [-0.15, -0.1) is 0 Å². The van der Waals surface area contributed by atoms with Crippen molar-refractivity contribution >= 4 is 11.8 Å². The van der Waals surface area contributed by atoms with Gasteiger partial charge in [0.25, 0.3) is 0 Å². The standard InChI is InChI=1S/C10H20N4O2/c1-8-7-13(2)5-6-14(8)10(16)9(15)12-4-3-11/h8H,3-7,11H2,1-2H3,(H,12,15). The van der Waals surface area contributed by atoms with Gasteiger partial charge in [-0.1, -0.05) is 0 Å². The van der Waals surface area contributed by atoms with Crippen LogP contribution in [-0.4, -0.2) is 67.4 Å². The van der Waals surface area contributed by atoms with E-state index in [0.29, 0.717) is 19.6 Å². The van der Waals surface area contributed by atoms with E-state index in [1.165, 1.54) is 0 Å². The molecule has 0 radical (unpaired) electrons. The first-order valence-corrected chi connectivity index (χ1v) is 5.53. The summed E-state index contributed by atoms with van der Waals surface area (Å²) in [6.45, 7) is 4.84. The third-order valence-corrected chi connectivity index (χ3v) is 2.72. The molecule has 0 spiro atoms. The average molecular weight is 228 g/mol. The lowest BCUT2D eigenvalue weighted by molar-refractivity contribution is -0.148. The zero-order valence-electron chi connectivity index (χ0n) is 9.90. The van der Waals surface area contributed by atoms with Gasteiger partial charge < -0.3 is 20.9 Å². The Bertz CT molecular complexity index is 270. The second kappa shape index (κ2) is 5.81. The summed E-state index contributed by atoms with van der Waals surface area (Å²) < 4.78 is 0. The molecule has 16 heavy (non-hydrogen) atoms. The van der Waals surface area contributed by atoms with Crippen LogP contribution in [0.5, 0.6) is 0 Å². The topological polar surface area (TPSA) is 78.7 Å². The molecule has 1 unspecified atom stereocenters. The van der Waals surface area contributed by atoms with Crippen molar-refractivity contribution in [1.29, 1.82) is 0 Å². The highest BCUT2D eigenvalue weighted by Gasteiger charge is 2.29. The second-order valence-electron chi connectivity index (χ2n) is 4.15. The summed E-state index contributed by atoms with van der Waals surface area (Å²) in [5.74, 6) is -1.00. The monoisotopic (exact) mass is 228 g/mol. The minimum absolute atomic E-state index is 0.0786. The zero-order chi connectivity index (χ0) is 12.1. The van der Waals surface area contributed by atoms with Crippen molar-refractivity contribution in [3.05, 3.63) is 0 Å². The zero-order valence-corrected chi connectivity index (χ0v) is 9.90. The lowest BCUT2D eigenvalue weighted by Crippen LogP contribution is -2.56. The van der Waals surface area contributed by atoms with Crippen LogP contribution < -0.4 is 11.1 Å². The van der Waals surface area contributed by atoms with Crippen LogP contribution in [0.25, 0.3) is 0 Å². The molecule has 2 amide bonds. The SMILES string of the molecule is CC1CN(C)CCN1C(=O)C(=O)NCCN. The van der Waals surface area contributed by atoms with E-state index < -0.39 is 11.8 Å². The fourth-order valence-corrected chi connectivity index (χ4v) is 1.83. The van der Waals surface area contributed by atoms with Crippen LogP contribution in [0.3, 0.4) is 0 Å². The Morgan fingerprint density at radius 2 is 2.12 bits per heavy atom. The van der Waals surface area contributed by atoms with Crippen LogP contribution in [0.15, 0.2) is 0 Å². The summed E-state index contributed by atoms with van der Waals surface area (Å²) >= 11 is 0. The van der Waals surface area contributed by atoms with Crippen LogP contribution >= 0.6 is 0 Å². The number of amides is 2. The number of carbonyl (C=O) groups excluding carboxylic acids is 2. The van der Waals surface area contributed by atoms with Gasteiger partial charge in [-0.25, -0.2) is 0 Å². The molecule has 1 heterocycles. The smallest absolute Gasteiger partial charge is 0.312 e. The fourth-order valence-electron chi connectivity index (χ4n) is 1.83. The lowest BCUT2D eigenvalue weighted by Gasteiger charge is -2.37. The number of nitrogens with two attached hydrogens (primary N) is 1. The predicted octanol–water partition coefficient (Wildman–Crippen LogP) is -1.78. The van der Waals surface area contributed by atoms with Gasteiger partial charge in [0.15, 0.2) is 0 Å². The quantitative estimate of drug-likeness (QED) is 0.548. The van der Waals surface area contributed by atoms with Gasteiger partial charge in [-0.2, -0.15) is 0 Å². The molecule has 0 aromatic heterocycles. The molecule has 1 rings (SSSR count). The molecule has 1 aliphatic heterocycles. The van der Waals surface area contributed by atoms with Crippen molar-refractivity contribution in [2.24, 2.45) is 5.73 Å². The summed E-state index contributed by atoms with van der Waals surface area (Å²) in [5, 5.41) is 2.49. The molecule has 1 fully saturated rings. The van der Waals surface area contributed by atoms with Crippen molar-refractivity contribution in [2.45, 2.75) is 13.0 Å². The third-order valence-electron chi connectivity index (χ3n) is 2.72. The number of piperazine rings is 1. The molecule has 3 N–H and O–H groups in total. The molecule has 92 valence electrons. The van der Waals surface area contributed by atoms with E-state index in [9.17, 15) is 9.59 Å². The van der Waals surface area contributed by atoms with Crippen LogP contribution in [0.1, 0.15) is 6.92 Å². The van der Waals surface area contributed by atoms with Crippen LogP contribution in [0.2, 0.25) is 0 Å². The lowest BCUT2D eigenvalue weighted by atomic mass is 10.2. The molecule has 6 nitrogen and oxygen atoms in total. The number of hydrogen-bond donors (Lipinski definition) is 2. The van der Waals surface area contributed by atoms with E-state index >= 15 is 0 Å². The van der Waals surface area contributed by atoms with Crippen molar-refractivity contribution in [2.75, 3.05) is 39.8 Å². The Morgan fingerprint density at radius 1 is 1.44 bits per heavy atom. The van der Waals surface area contributed by atoms with Crippen molar-refractivity contribution in [3.8, 4) is 0 Å². The molecule has 1 atom stereocenters. The summed E-state index contributed by atoms with van der Waals surface area (Å²) in [6.07, 6.45) is 0. The minimum atomic E-state index is -0.554. The Morgan fingerprint density at radius 3 is 2.69 bits per heavy atom. The number of carbonyl (C=O) groups is 2. The number of nitrogens with one attached hydrogen (secondary N) is 1. The minimum Gasteiger partial charge on any atom is -0.347 e. The molecule has 0 aromatic rings. The number of rotatable bonds is 2. The van der Waals surface area contributed by atoms with Gasteiger partial charge in [0, 0.05) is 38.8 Å². The Labute approximate surface area is 95.8 Å². The average Bonchev–Trinajstić information content (AvgIpc) is 2.25. The fraction of sp³-hybridized carbons (Fsp3) is 0.800. The van der Waals surface area contributed by atoms with Crippen LogP contribution in [0, 0.1) is 0 Å². The molecular weight excluding hydrogens is 208 g/mol. The van der Waals surface area contributed by atoms with Crippen molar-refractivity contribution < 1.29 is 9.59 Å². The van der Waals surface area contributed by atoms with Gasteiger partial charge in [-0.3, -0.25) is 9.59 Å². The van der Waals surface area contributed by atoms with Crippen molar-refractivity contribution in [3.63, 3.8) is 0 Å². The summed E-state index contributed by atoms with van der Waals surface area (Å²) in [4.78, 5) is 27.0. The highest BCUT2D eigenvalue weighted by Crippen LogP contribution is 2.07. The molecule has 1 aliphatic rings. The van der Waals surface area contributed by atoms with E-state index in [2.05, 4.69) is 10.2 Å². The Hall–Kier alpha value is -1.14. The highest BCUT2D eigenvalue weighted by molar-refractivity contribution is 6.35. The molecule has 0 saturated carbocycles. The van der Waals surface area contributed by atoms with Crippen molar-refractivity contribution in [1.82, 2.24) is 15.1 Å². The first kappa shape index (κ1) is 12.9. The maximum atomic E-state index is 11.8. The number of likely N-dealkylation sites (N-methyl/N-ethyl adjacent to an activating group) is 1. The molecule has 0 aromatic carbocycles. The van der Waals surface area contributed by atoms with Gasteiger partial charge >= 0.3 is 11.8 Å². The maximum Gasteiger partial charge on any atom is 0.312 e. The predicted molar refractivity (Wildman–Crippen MR) is 60.7 cm³/mol. The van der Waals surface area contributed by atoms with Gasteiger partial charge in [0.05, 0.1) is 0 Å². The second-order valence-corrected chi connectivity index (χ2v) is 4.15. The van der Waals surface area contributed by atoms with E-state index in [4.69, 9.17) is 5.73 Å². The highest BCUT2D eigenvalue weighted by atomic mass is 16.2. The summed E-state index contributed by atoms with van der Waals surface area (Å²) in [5.41, 5.74) is 5.25. The Kier molecular flexibility index (Phi) is 4.70. The van der Waals surface area contributed by atoms with E-state index in [0.717, 1.165) is 13.1 Å². The van der Waals surface area contributed by atoms with Gasteiger partial charge in [-0.05, 0) is 14.0 Å². The van der Waals surface area contributed by atoms with E-state index in [-0.39, 0.29) is 6.04 Å². The normalized spacial score (nSPS) is 21.9.